The van der Waals surface area contributed by atoms with Crippen LogP contribution in [0.2, 0.25) is 0 Å². The quantitative estimate of drug-likeness (QED) is 0.336. The van der Waals surface area contributed by atoms with Crippen LogP contribution in [-0.4, -0.2) is 96.9 Å². The van der Waals surface area contributed by atoms with E-state index in [0.717, 1.165) is 18.4 Å². The van der Waals surface area contributed by atoms with Gasteiger partial charge >= 0.3 is 41.5 Å². The molecule has 0 aromatic rings. The van der Waals surface area contributed by atoms with E-state index in [-0.39, 0.29) is 77.3 Å². The van der Waals surface area contributed by atoms with Gasteiger partial charge in [-0.15, -0.1) is 0 Å². The van der Waals surface area contributed by atoms with Crippen LogP contribution in [0.15, 0.2) is 23.8 Å². The summed E-state index contributed by atoms with van der Waals surface area (Å²) in [6, 6.07) is 0. The van der Waals surface area contributed by atoms with Crippen molar-refractivity contribution in [2.24, 2.45) is 34.5 Å². The van der Waals surface area contributed by atoms with Crippen molar-refractivity contribution in [3.63, 3.8) is 0 Å². The van der Waals surface area contributed by atoms with Gasteiger partial charge in [-0.2, -0.15) is 0 Å². The molecule has 4 rings (SSSR count). The molecule has 0 aliphatic heterocycles. The Labute approximate surface area is 232 Å². The normalized spacial score (nSPS) is 40.3. The third kappa shape index (κ3) is 5.15. The minimum absolute atomic E-state index is 0. The molecule has 10 heteroatoms. The summed E-state index contributed by atoms with van der Waals surface area (Å²) in [6.45, 7) is 5.48. The standard InChI is InChI=1S/C22H30O5.C4H6O4.Na.H/c1-12-8-14-15-5-7-22(27,18(26)11-23)21(15,3)10-17(25)19(14)20(2)6-4-13(24)9-16(12)20;5-3(6)1-2-4(7)8;;/h4,6,9,12,14-15,17,19,23,25,27H,5,7-8,10-11H2,1-3H3;1-2H2,(H,5,6)(H,7,8);;/t12-,14-,15-,17-,19+,20-,21-,22-;;;/m0.../s1. The van der Waals surface area contributed by atoms with Gasteiger partial charge in [0.05, 0.1) is 18.9 Å². The fraction of sp³-hybridized carbons (Fsp3) is 0.692. The number of carbonyl (C=O) groups excluding carboxylic acids is 2. The Bertz CT molecular complexity index is 960. The van der Waals surface area contributed by atoms with E-state index in [1.54, 1.807) is 12.2 Å². The number of carboxylic acid groups (broad SMARTS) is 2. The Hall–Kier alpha value is -1.36. The topological polar surface area (TPSA) is 169 Å². The second kappa shape index (κ2) is 11.2. The van der Waals surface area contributed by atoms with Crippen LogP contribution in [0.1, 0.15) is 59.3 Å². The number of hydrogen-bond donors (Lipinski definition) is 5. The Balaban J connectivity index is 0.000000442. The van der Waals surface area contributed by atoms with Gasteiger partial charge in [0.15, 0.2) is 11.6 Å². The Kier molecular flexibility index (Phi) is 9.58. The molecule has 5 N–H and O–H groups in total. The number of carbonyl (C=O) groups is 4. The van der Waals surface area contributed by atoms with Gasteiger partial charge in [-0.25, -0.2) is 0 Å². The summed E-state index contributed by atoms with van der Waals surface area (Å²) < 4.78 is 0. The average Bonchev–Trinajstić information content (AvgIpc) is 3.04. The second-order valence-electron chi connectivity index (χ2n) is 11.0. The molecule has 0 radical (unpaired) electrons. The molecular weight excluding hydrogens is 479 g/mol. The van der Waals surface area contributed by atoms with Crippen LogP contribution in [0, 0.1) is 34.5 Å². The predicted molar refractivity (Wildman–Crippen MR) is 131 cm³/mol. The van der Waals surface area contributed by atoms with Crippen molar-refractivity contribution in [3.05, 3.63) is 23.8 Å². The molecule has 0 amide bonds. The molecule has 0 aromatic heterocycles. The van der Waals surface area contributed by atoms with E-state index in [9.17, 15) is 34.5 Å². The number of aliphatic hydroxyl groups excluding tert-OH is 2. The number of carboxylic acids is 2. The number of allylic oxidation sites excluding steroid dienone is 4. The SMILES string of the molecule is C[C@H]1C[C@@H]2[C@H]([C@@H](O)C[C@@]3(C)[C@H]2CC[C@]3(O)C(=O)CO)[C@@]2(C)C=CC(=O)C=C12.O=C(O)CCC(=O)O.[NaH]. The van der Waals surface area contributed by atoms with Gasteiger partial charge in [-0.3, -0.25) is 19.2 Å². The molecule has 196 valence electrons. The molecule has 0 bridgehead atoms. The fourth-order valence-corrected chi connectivity index (χ4v) is 7.56. The summed E-state index contributed by atoms with van der Waals surface area (Å²) in [4.78, 5) is 43.6. The summed E-state index contributed by atoms with van der Waals surface area (Å²) in [5.74, 6) is -2.23. The number of Topliss-reactive ketones (excluding diaryl/α,β-unsaturated/α-hetero) is 1. The molecule has 0 aromatic carbocycles. The van der Waals surface area contributed by atoms with Crippen LogP contribution >= 0.6 is 0 Å². The maximum absolute atomic E-state index is 12.4. The van der Waals surface area contributed by atoms with Crippen molar-refractivity contribution in [1.82, 2.24) is 0 Å². The van der Waals surface area contributed by atoms with Gasteiger partial charge in [-0.05, 0) is 55.6 Å². The molecule has 9 nitrogen and oxygen atoms in total. The van der Waals surface area contributed by atoms with Crippen LogP contribution in [0.25, 0.3) is 0 Å². The number of aliphatic hydroxyl groups is 3. The van der Waals surface area contributed by atoms with Crippen molar-refractivity contribution in [2.45, 2.75) is 71.0 Å². The van der Waals surface area contributed by atoms with Crippen molar-refractivity contribution in [1.29, 1.82) is 0 Å². The third-order valence-electron chi connectivity index (χ3n) is 9.13. The first-order valence-electron chi connectivity index (χ1n) is 12.1. The van der Waals surface area contributed by atoms with Gasteiger partial charge in [-0.1, -0.05) is 32.4 Å². The van der Waals surface area contributed by atoms with Crippen molar-refractivity contribution >= 4 is 53.1 Å². The first-order chi connectivity index (χ1) is 16.2. The zero-order valence-corrected chi connectivity index (χ0v) is 20.4. The first-order valence-corrected chi connectivity index (χ1v) is 12.1. The van der Waals surface area contributed by atoms with E-state index < -0.39 is 41.4 Å². The zero-order chi connectivity index (χ0) is 26.3. The van der Waals surface area contributed by atoms with Crippen molar-refractivity contribution < 1.29 is 44.7 Å². The van der Waals surface area contributed by atoms with E-state index in [2.05, 4.69) is 13.8 Å². The van der Waals surface area contributed by atoms with E-state index in [4.69, 9.17) is 10.2 Å². The molecule has 36 heavy (non-hydrogen) atoms. The summed E-state index contributed by atoms with van der Waals surface area (Å²) >= 11 is 0. The number of hydrogen-bond acceptors (Lipinski definition) is 7. The first kappa shape index (κ1) is 30.9. The summed E-state index contributed by atoms with van der Waals surface area (Å²) in [5, 5.41) is 47.7. The average molecular weight is 517 g/mol. The van der Waals surface area contributed by atoms with Crippen molar-refractivity contribution in [2.75, 3.05) is 6.61 Å². The second-order valence-corrected chi connectivity index (χ2v) is 11.0. The van der Waals surface area contributed by atoms with Gasteiger partial charge < -0.3 is 25.5 Å². The molecule has 0 unspecified atom stereocenters. The molecule has 0 heterocycles. The zero-order valence-electron chi connectivity index (χ0n) is 20.4. The maximum atomic E-state index is 12.4. The molecule has 0 saturated heterocycles. The van der Waals surface area contributed by atoms with Crippen LogP contribution in [-0.2, 0) is 19.2 Å². The molecule has 4 aliphatic carbocycles. The Morgan fingerprint density at radius 2 is 1.69 bits per heavy atom. The van der Waals surface area contributed by atoms with Crippen LogP contribution in [0.3, 0.4) is 0 Å². The van der Waals surface area contributed by atoms with Crippen molar-refractivity contribution in [3.8, 4) is 0 Å². The number of rotatable bonds is 5. The van der Waals surface area contributed by atoms with Gasteiger partial charge in [0.2, 0.25) is 0 Å². The number of ketones is 2. The molecule has 0 spiro atoms. The molecular formula is C26H37NaO9. The fourth-order valence-electron chi connectivity index (χ4n) is 7.56. The molecule has 3 fully saturated rings. The molecule has 8 atom stereocenters. The van der Waals surface area contributed by atoms with E-state index >= 15 is 0 Å². The van der Waals surface area contributed by atoms with Crippen LogP contribution in [0.5, 0.6) is 0 Å². The monoisotopic (exact) mass is 516 g/mol. The summed E-state index contributed by atoms with van der Waals surface area (Å²) in [6.07, 6.45) is 6.28. The Morgan fingerprint density at radius 3 is 2.22 bits per heavy atom. The van der Waals surface area contributed by atoms with E-state index in [1.165, 1.54) is 0 Å². The van der Waals surface area contributed by atoms with Gasteiger partial charge in [0.1, 0.15) is 12.2 Å². The Morgan fingerprint density at radius 1 is 1.11 bits per heavy atom. The van der Waals surface area contributed by atoms with E-state index in [1.807, 2.05) is 13.0 Å². The van der Waals surface area contributed by atoms with Crippen LogP contribution in [0.4, 0.5) is 0 Å². The summed E-state index contributed by atoms with van der Waals surface area (Å²) in [7, 11) is 0. The summed E-state index contributed by atoms with van der Waals surface area (Å²) in [5.41, 5.74) is -1.59. The minimum atomic E-state index is -1.57. The third-order valence-corrected chi connectivity index (χ3v) is 9.13. The van der Waals surface area contributed by atoms with E-state index in [0.29, 0.717) is 12.8 Å². The number of aliphatic carboxylic acids is 2. The van der Waals surface area contributed by atoms with Gasteiger partial charge in [0.25, 0.3) is 0 Å². The molecule has 4 aliphatic rings. The number of fused-ring (bicyclic) bond motifs is 5. The predicted octanol–water partition coefficient (Wildman–Crippen LogP) is 1.09. The van der Waals surface area contributed by atoms with Gasteiger partial charge in [0, 0.05) is 16.7 Å². The van der Waals surface area contributed by atoms with Crippen LogP contribution < -0.4 is 0 Å². The molecule has 3 saturated carbocycles.